The Morgan fingerprint density at radius 2 is 1.79 bits per heavy atom. The van der Waals surface area contributed by atoms with E-state index in [-0.39, 0.29) is 35.5 Å². The quantitative estimate of drug-likeness (QED) is 0.237. The second-order valence-electron chi connectivity index (χ2n) is 12.0. The van der Waals surface area contributed by atoms with E-state index in [4.69, 9.17) is 0 Å². The van der Waals surface area contributed by atoms with E-state index in [1.165, 1.54) is 22.9 Å². The van der Waals surface area contributed by atoms with Crippen molar-refractivity contribution in [3.05, 3.63) is 82.4 Å². The molecule has 5 heterocycles. The molecule has 1 saturated heterocycles. The van der Waals surface area contributed by atoms with Crippen molar-refractivity contribution in [2.75, 3.05) is 29.9 Å². The number of fused-ring (bicyclic) bond motifs is 5. The number of rotatable bonds is 4. The lowest BCUT2D eigenvalue weighted by atomic mass is 9.97. The minimum absolute atomic E-state index is 0.00449. The number of aromatic nitrogens is 3. The largest absolute Gasteiger partial charge is 0.507 e. The summed E-state index contributed by atoms with van der Waals surface area (Å²) in [6, 6.07) is 3.18. The first-order chi connectivity index (χ1) is 22.6. The fourth-order valence-electron chi connectivity index (χ4n) is 6.53. The molecule has 1 aromatic carbocycles. The molecule has 0 aliphatic carbocycles. The van der Waals surface area contributed by atoms with Crippen LogP contribution in [0.15, 0.2) is 54.0 Å². The molecule has 0 unspecified atom stereocenters. The number of likely N-dealkylation sites (N-methyl/N-ethyl adjacent to an activating group) is 1. The highest BCUT2D eigenvalue weighted by Gasteiger charge is 2.47. The van der Waals surface area contributed by atoms with E-state index < -0.39 is 87.1 Å². The summed E-state index contributed by atoms with van der Waals surface area (Å²) in [5.41, 5.74) is -5.50. The van der Waals surface area contributed by atoms with E-state index in [0.717, 1.165) is 35.4 Å². The Hall–Kier alpha value is -5.34. The maximum absolute atomic E-state index is 16.2. The number of hydrogen-bond donors (Lipinski definition) is 1. The lowest BCUT2D eigenvalue weighted by Gasteiger charge is -2.49. The van der Waals surface area contributed by atoms with Gasteiger partial charge in [-0.3, -0.25) is 23.9 Å². The minimum atomic E-state index is -5.01. The molecule has 0 saturated carbocycles. The van der Waals surface area contributed by atoms with Gasteiger partial charge in [0.2, 0.25) is 5.91 Å². The molecular weight excluding hydrogens is 639 g/mol. The number of alkyl halides is 3. The van der Waals surface area contributed by atoms with E-state index >= 15 is 8.78 Å². The van der Waals surface area contributed by atoms with Gasteiger partial charge in [0, 0.05) is 31.2 Å². The summed E-state index contributed by atoms with van der Waals surface area (Å²) in [6.07, 6.45) is -2.95. The predicted octanol–water partition coefficient (Wildman–Crippen LogP) is 5.14. The van der Waals surface area contributed by atoms with Gasteiger partial charge >= 0.3 is 6.18 Å². The highest BCUT2D eigenvalue weighted by atomic mass is 19.4. The number of hydrogen-bond acceptors (Lipinski definition) is 7. The number of carbonyl (C=O) groups is 2. The molecule has 15 heteroatoms. The van der Waals surface area contributed by atoms with Crippen LogP contribution in [0.3, 0.4) is 0 Å². The van der Waals surface area contributed by atoms with Gasteiger partial charge in [0.25, 0.3) is 11.5 Å². The van der Waals surface area contributed by atoms with Crippen molar-refractivity contribution in [2.45, 2.75) is 44.9 Å². The van der Waals surface area contributed by atoms with Crippen LogP contribution in [0.2, 0.25) is 0 Å². The smallest absolute Gasteiger partial charge is 0.418 e. The van der Waals surface area contributed by atoms with E-state index in [1.807, 2.05) is 0 Å². The first-order valence-corrected chi connectivity index (χ1v) is 14.9. The van der Waals surface area contributed by atoms with Gasteiger partial charge in [-0.25, -0.2) is 13.8 Å². The Bertz CT molecular complexity index is 2080. The Kier molecular flexibility index (Phi) is 7.75. The summed E-state index contributed by atoms with van der Waals surface area (Å²) in [5.74, 6) is -4.68. The normalized spacial score (nSPS) is 18.0. The van der Waals surface area contributed by atoms with Crippen molar-refractivity contribution < 1.29 is 36.6 Å². The van der Waals surface area contributed by atoms with Crippen LogP contribution >= 0.6 is 0 Å². The number of amides is 2. The average Bonchev–Trinajstić information content (AvgIpc) is 3.02. The van der Waals surface area contributed by atoms with Crippen molar-refractivity contribution in [3.63, 3.8) is 0 Å². The molecule has 4 aromatic rings. The third-order valence-electron chi connectivity index (χ3n) is 8.74. The van der Waals surface area contributed by atoms with Gasteiger partial charge in [-0.05, 0) is 43.2 Å². The van der Waals surface area contributed by atoms with Crippen LogP contribution in [0.1, 0.15) is 37.9 Å². The van der Waals surface area contributed by atoms with Crippen LogP contribution in [0.4, 0.5) is 33.3 Å². The maximum Gasteiger partial charge on any atom is 0.418 e. The van der Waals surface area contributed by atoms with Crippen molar-refractivity contribution in [1.29, 1.82) is 0 Å². The topological polar surface area (TPSA) is 112 Å². The molecule has 1 N–H and O–H groups in total. The second-order valence-corrected chi connectivity index (χ2v) is 12.0. The van der Waals surface area contributed by atoms with Crippen LogP contribution < -0.4 is 15.4 Å². The number of phenols is 1. The highest BCUT2D eigenvalue weighted by Crippen LogP contribution is 2.45. The first kappa shape index (κ1) is 32.6. The second kappa shape index (κ2) is 11.4. The summed E-state index contributed by atoms with van der Waals surface area (Å²) < 4.78 is 75.9. The van der Waals surface area contributed by atoms with Gasteiger partial charge in [0.1, 0.15) is 29.0 Å². The zero-order valence-corrected chi connectivity index (χ0v) is 26.1. The molecule has 2 aliphatic heterocycles. The lowest BCUT2D eigenvalue weighted by Crippen LogP contribution is -2.66. The van der Waals surface area contributed by atoms with Crippen molar-refractivity contribution in [2.24, 2.45) is 0 Å². The zero-order valence-electron chi connectivity index (χ0n) is 26.1. The molecule has 250 valence electrons. The Balaban J connectivity index is 1.80. The first-order valence-electron chi connectivity index (χ1n) is 14.9. The molecule has 6 rings (SSSR count). The Labute approximate surface area is 270 Å². The molecule has 2 atom stereocenters. The van der Waals surface area contributed by atoms with Gasteiger partial charge in [-0.1, -0.05) is 26.5 Å². The number of benzene rings is 1. The third-order valence-corrected chi connectivity index (χ3v) is 8.74. The number of phenolic OH excluding ortho intramolecular Hbond substituents is 1. The Morgan fingerprint density at radius 3 is 2.42 bits per heavy atom. The SMILES string of the molecule is C=CC(=O)N1C[C@@H]2C(=O)N(C)c3c(c4cc(F)c(-c5c(O)cccc5F)nc4n(-c4c(C(F)(F)F)ccnc4C(C)C)c3=O)N2C[C@H]1C. The van der Waals surface area contributed by atoms with Crippen LogP contribution in [-0.4, -0.2) is 68.6 Å². The molecule has 1 fully saturated rings. The van der Waals surface area contributed by atoms with Gasteiger partial charge in [0.15, 0.2) is 11.5 Å². The lowest BCUT2D eigenvalue weighted by molar-refractivity contribution is -0.137. The molecule has 48 heavy (non-hydrogen) atoms. The molecule has 10 nitrogen and oxygen atoms in total. The molecule has 0 radical (unpaired) electrons. The van der Waals surface area contributed by atoms with E-state index in [1.54, 1.807) is 20.8 Å². The van der Waals surface area contributed by atoms with Gasteiger partial charge in [0.05, 0.1) is 34.7 Å². The summed E-state index contributed by atoms with van der Waals surface area (Å²) in [4.78, 5) is 53.5. The number of aromatic hydroxyl groups is 1. The average molecular weight is 669 g/mol. The van der Waals surface area contributed by atoms with Crippen molar-refractivity contribution >= 4 is 34.2 Å². The van der Waals surface area contributed by atoms with Gasteiger partial charge < -0.3 is 19.8 Å². The van der Waals surface area contributed by atoms with Crippen molar-refractivity contribution in [3.8, 4) is 22.7 Å². The standard InChI is InChI=1S/C33H29F5N6O4/c1-6-23(46)42-14-21-31(47)41(5)29-27(43(21)13-16(42)4)17-12-20(35)26(24-19(34)8-7-9-22(24)45)40-30(17)44(32(29)48)28-18(33(36,37)38)10-11-39-25(28)15(2)3/h6-12,15-16,21,45H,1,13-14H2,2-5H3/t16-,21-/m1/s1. The third kappa shape index (κ3) is 4.86. The monoisotopic (exact) mass is 668 g/mol. The number of pyridine rings is 3. The van der Waals surface area contributed by atoms with E-state index in [0.29, 0.717) is 10.6 Å². The summed E-state index contributed by atoms with van der Waals surface area (Å²) in [6.45, 7) is 8.19. The number of anilines is 2. The number of piperazine rings is 1. The molecule has 3 aromatic heterocycles. The molecular formula is C33H29F5N6O4. The molecule has 0 spiro atoms. The summed E-state index contributed by atoms with van der Waals surface area (Å²) in [7, 11) is 1.26. The van der Waals surface area contributed by atoms with Gasteiger partial charge in [-0.2, -0.15) is 13.2 Å². The van der Waals surface area contributed by atoms with Gasteiger partial charge in [-0.15, -0.1) is 0 Å². The predicted molar refractivity (Wildman–Crippen MR) is 167 cm³/mol. The molecule has 0 bridgehead atoms. The zero-order chi connectivity index (χ0) is 35.0. The summed E-state index contributed by atoms with van der Waals surface area (Å²) >= 11 is 0. The van der Waals surface area contributed by atoms with Crippen LogP contribution in [0.25, 0.3) is 28.0 Å². The molecule has 2 aliphatic rings. The highest BCUT2D eigenvalue weighted by molar-refractivity contribution is 6.12. The fourth-order valence-corrected chi connectivity index (χ4v) is 6.53. The maximum atomic E-state index is 16.2. The van der Waals surface area contributed by atoms with E-state index in [9.17, 15) is 32.7 Å². The van der Waals surface area contributed by atoms with Crippen LogP contribution in [0.5, 0.6) is 5.75 Å². The number of nitrogens with zero attached hydrogens (tertiary/aromatic N) is 6. The number of halogens is 5. The Morgan fingerprint density at radius 1 is 1.08 bits per heavy atom. The van der Waals surface area contributed by atoms with Crippen LogP contribution in [0, 0.1) is 11.6 Å². The van der Waals surface area contributed by atoms with E-state index in [2.05, 4.69) is 16.5 Å². The summed E-state index contributed by atoms with van der Waals surface area (Å²) in [5, 5.41) is 10.3. The van der Waals surface area contributed by atoms with Crippen LogP contribution in [-0.2, 0) is 15.8 Å². The minimum Gasteiger partial charge on any atom is -0.507 e. The van der Waals surface area contributed by atoms with Crippen molar-refractivity contribution in [1.82, 2.24) is 19.4 Å². The molecule has 2 amide bonds. The fraction of sp³-hybridized carbons (Fsp3) is 0.303. The number of carbonyl (C=O) groups excluding carboxylic acids is 2.